The number of hydrogen-bond acceptors (Lipinski definition) is 4. The van der Waals surface area contributed by atoms with E-state index < -0.39 is 5.97 Å². The first kappa shape index (κ1) is 11.0. The van der Waals surface area contributed by atoms with Gasteiger partial charge < -0.3 is 5.11 Å². The maximum atomic E-state index is 11.0. The topological polar surface area (TPSA) is 84.3 Å². The van der Waals surface area contributed by atoms with Crippen LogP contribution in [0.4, 0.5) is 0 Å². The predicted molar refractivity (Wildman–Crippen MR) is 51.0 cm³/mol. The zero-order chi connectivity index (χ0) is 11.4. The van der Waals surface area contributed by atoms with Gasteiger partial charge in [0.25, 0.3) is 0 Å². The summed E-state index contributed by atoms with van der Waals surface area (Å²) < 4.78 is 0. The first-order valence-electron chi connectivity index (χ1n) is 4.22. The highest BCUT2D eigenvalue weighted by Crippen LogP contribution is 2.06. The molecule has 1 N–H and O–H groups in total. The average molecular weight is 207 g/mol. The number of aldehydes is 1. The minimum atomic E-state index is -1.06. The van der Waals surface area contributed by atoms with Crippen molar-refractivity contribution in [3.8, 4) is 0 Å². The predicted octanol–water partition coefficient (Wildman–Crippen LogP) is 0.724. The summed E-state index contributed by atoms with van der Waals surface area (Å²) in [6, 6.07) is 2.69. The molecule has 0 aliphatic rings. The van der Waals surface area contributed by atoms with Crippen molar-refractivity contribution >= 4 is 18.0 Å². The maximum Gasteiger partial charge on any atom is 0.309 e. The number of aliphatic carboxylic acids is 1. The van der Waals surface area contributed by atoms with E-state index >= 15 is 0 Å². The molecule has 0 unspecified atom stereocenters. The molecule has 78 valence electrons. The molecule has 15 heavy (non-hydrogen) atoms. The van der Waals surface area contributed by atoms with E-state index in [9.17, 15) is 14.4 Å². The fourth-order valence-corrected chi connectivity index (χ4v) is 1.11. The van der Waals surface area contributed by atoms with Gasteiger partial charge in [-0.3, -0.25) is 14.4 Å². The quantitative estimate of drug-likeness (QED) is 0.581. The van der Waals surface area contributed by atoms with Gasteiger partial charge in [-0.15, -0.1) is 0 Å². The standard InChI is InChI=1S/C10H9NO4/c1-6(13)9-3-7(5-12)2-8(11-9)4-10(14)15/h2-3,5H,4H2,1H3,(H,14,15). The molecule has 0 spiro atoms. The highest BCUT2D eigenvalue weighted by Gasteiger charge is 2.08. The van der Waals surface area contributed by atoms with Crippen LogP contribution in [0.15, 0.2) is 12.1 Å². The third-order valence-corrected chi connectivity index (χ3v) is 1.73. The minimum absolute atomic E-state index is 0.107. The van der Waals surface area contributed by atoms with E-state index in [1.165, 1.54) is 19.1 Å². The van der Waals surface area contributed by atoms with E-state index in [0.717, 1.165) is 0 Å². The van der Waals surface area contributed by atoms with Gasteiger partial charge in [-0.25, -0.2) is 4.98 Å². The second kappa shape index (κ2) is 4.45. The fraction of sp³-hybridized carbons (Fsp3) is 0.200. The molecule has 0 aromatic carbocycles. The first-order valence-corrected chi connectivity index (χ1v) is 4.22. The Kier molecular flexibility index (Phi) is 3.28. The number of ketones is 1. The number of pyridine rings is 1. The molecule has 0 aliphatic heterocycles. The summed E-state index contributed by atoms with van der Waals surface area (Å²) in [6.07, 6.45) is 0.251. The van der Waals surface area contributed by atoms with Crippen LogP contribution < -0.4 is 0 Å². The Morgan fingerprint density at radius 2 is 2.13 bits per heavy atom. The van der Waals surface area contributed by atoms with Crippen LogP contribution in [0.3, 0.4) is 0 Å². The highest BCUT2D eigenvalue weighted by molar-refractivity contribution is 5.93. The largest absolute Gasteiger partial charge is 0.481 e. The number of carboxylic acid groups (broad SMARTS) is 1. The van der Waals surface area contributed by atoms with Crippen LogP contribution in [-0.2, 0) is 11.2 Å². The zero-order valence-electron chi connectivity index (χ0n) is 8.06. The molecule has 1 aromatic rings. The summed E-state index contributed by atoms with van der Waals surface area (Å²) in [4.78, 5) is 35.8. The molecular weight excluding hydrogens is 198 g/mol. The van der Waals surface area contributed by atoms with Crippen molar-refractivity contribution in [2.45, 2.75) is 13.3 Å². The zero-order valence-corrected chi connectivity index (χ0v) is 8.06. The first-order chi connectivity index (χ1) is 7.02. The van der Waals surface area contributed by atoms with Gasteiger partial charge in [0, 0.05) is 12.5 Å². The van der Waals surface area contributed by atoms with Gasteiger partial charge in [0.15, 0.2) is 5.78 Å². The van der Waals surface area contributed by atoms with Crippen LogP contribution in [0.5, 0.6) is 0 Å². The van der Waals surface area contributed by atoms with Crippen LogP contribution in [0.1, 0.15) is 33.5 Å². The van der Waals surface area contributed by atoms with E-state index in [1.807, 2.05) is 0 Å². The van der Waals surface area contributed by atoms with Gasteiger partial charge >= 0.3 is 5.97 Å². The third kappa shape index (κ3) is 2.98. The number of nitrogens with zero attached hydrogens (tertiary/aromatic N) is 1. The molecule has 0 atom stereocenters. The molecule has 1 heterocycles. The van der Waals surface area contributed by atoms with Gasteiger partial charge in [-0.2, -0.15) is 0 Å². The van der Waals surface area contributed by atoms with Gasteiger partial charge in [-0.05, 0) is 12.1 Å². The highest BCUT2D eigenvalue weighted by atomic mass is 16.4. The molecule has 1 aromatic heterocycles. The lowest BCUT2D eigenvalue weighted by Gasteiger charge is -2.01. The molecule has 0 amide bonds. The van der Waals surface area contributed by atoms with Gasteiger partial charge in [-0.1, -0.05) is 0 Å². The number of carboxylic acids is 1. The van der Waals surface area contributed by atoms with Crippen molar-refractivity contribution in [3.63, 3.8) is 0 Å². The Labute approximate surface area is 85.8 Å². The molecule has 5 heteroatoms. The fourth-order valence-electron chi connectivity index (χ4n) is 1.11. The van der Waals surface area contributed by atoms with Crippen molar-refractivity contribution in [2.75, 3.05) is 0 Å². The summed E-state index contributed by atoms with van der Waals surface area (Å²) in [5.41, 5.74) is 0.569. The van der Waals surface area contributed by atoms with Crippen molar-refractivity contribution < 1.29 is 19.5 Å². The molecule has 0 saturated carbocycles. The lowest BCUT2D eigenvalue weighted by molar-refractivity contribution is -0.136. The number of carbonyl (C=O) groups excluding carboxylic acids is 2. The third-order valence-electron chi connectivity index (χ3n) is 1.73. The molecule has 0 aliphatic carbocycles. The molecule has 0 saturated heterocycles. The number of carbonyl (C=O) groups is 3. The maximum absolute atomic E-state index is 11.0. The minimum Gasteiger partial charge on any atom is -0.481 e. The summed E-state index contributed by atoms with van der Waals surface area (Å²) in [5, 5.41) is 8.55. The molecule has 0 radical (unpaired) electrons. The normalized spacial score (nSPS) is 9.67. The Bertz CT molecular complexity index is 425. The SMILES string of the molecule is CC(=O)c1cc(C=O)cc(CC(=O)O)n1. The number of rotatable bonds is 4. The summed E-state index contributed by atoms with van der Waals surface area (Å²) in [7, 11) is 0. The van der Waals surface area contributed by atoms with E-state index in [1.54, 1.807) is 0 Å². The Morgan fingerprint density at radius 3 is 2.60 bits per heavy atom. The molecule has 0 bridgehead atoms. The summed E-state index contributed by atoms with van der Waals surface area (Å²) in [5.74, 6) is -1.36. The lowest BCUT2D eigenvalue weighted by Crippen LogP contribution is -2.07. The van der Waals surface area contributed by atoms with E-state index in [4.69, 9.17) is 5.11 Å². The Morgan fingerprint density at radius 1 is 1.47 bits per heavy atom. The number of Topliss-reactive ketones (excluding diaryl/α,β-unsaturated/α-hetero) is 1. The van der Waals surface area contributed by atoms with Crippen LogP contribution >= 0.6 is 0 Å². The van der Waals surface area contributed by atoms with Crippen LogP contribution in [0, 0.1) is 0 Å². The molecule has 1 rings (SSSR count). The Balaban J connectivity index is 3.16. The summed E-state index contributed by atoms with van der Waals surface area (Å²) in [6.45, 7) is 1.31. The van der Waals surface area contributed by atoms with Crippen molar-refractivity contribution in [1.29, 1.82) is 0 Å². The van der Waals surface area contributed by atoms with Gasteiger partial charge in [0.1, 0.15) is 12.0 Å². The van der Waals surface area contributed by atoms with Gasteiger partial charge in [0.05, 0.1) is 12.1 Å². The average Bonchev–Trinajstić information content (AvgIpc) is 2.16. The lowest BCUT2D eigenvalue weighted by atomic mass is 10.1. The van der Waals surface area contributed by atoms with Crippen LogP contribution in [-0.4, -0.2) is 28.1 Å². The van der Waals surface area contributed by atoms with Crippen LogP contribution in [0.25, 0.3) is 0 Å². The van der Waals surface area contributed by atoms with E-state index in [-0.39, 0.29) is 29.2 Å². The van der Waals surface area contributed by atoms with Crippen molar-refractivity contribution in [2.24, 2.45) is 0 Å². The van der Waals surface area contributed by atoms with E-state index in [0.29, 0.717) is 6.29 Å². The molecule has 0 fully saturated rings. The van der Waals surface area contributed by atoms with Crippen LogP contribution in [0.2, 0.25) is 0 Å². The summed E-state index contributed by atoms with van der Waals surface area (Å²) >= 11 is 0. The number of hydrogen-bond donors (Lipinski definition) is 1. The van der Waals surface area contributed by atoms with Gasteiger partial charge in [0.2, 0.25) is 0 Å². The van der Waals surface area contributed by atoms with Crippen molar-refractivity contribution in [3.05, 3.63) is 29.1 Å². The van der Waals surface area contributed by atoms with Crippen molar-refractivity contribution in [1.82, 2.24) is 4.98 Å². The molecular formula is C10H9NO4. The molecule has 5 nitrogen and oxygen atoms in total. The van der Waals surface area contributed by atoms with E-state index in [2.05, 4.69) is 4.98 Å². The Hall–Kier alpha value is -2.04. The second-order valence-corrected chi connectivity index (χ2v) is 3.02. The monoisotopic (exact) mass is 207 g/mol. The smallest absolute Gasteiger partial charge is 0.309 e. The number of aromatic nitrogens is 1. The second-order valence-electron chi connectivity index (χ2n) is 3.02.